The van der Waals surface area contributed by atoms with Gasteiger partial charge in [0.2, 0.25) is 0 Å². The van der Waals surface area contributed by atoms with E-state index in [2.05, 4.69) is 5.32 Å². The SMILES string of the molecule is CC(C)(C[C@@H]1CCCN(c2ccc(F)cc2[N+](=O)[O-])C1)NC(=O)O. The van der Waals surface area contributed by atoms with E-state index in [4.69, 9.17) is 5.11 Å². The van der Waals surface area contributed by atoms with Crippen LogP contribution < -0.4 is 10.2 Å². The largest absolute Gasteiger partial charge is 0.465 e. The number of piperidine rings is 1. The Balaban J connectivity index is 2.14. The monoisotopic (exact) mass is 339 g/mol. The summed E-state index contributed by atoms with van der Waals surface area (Å²) < 4.78 is 13.3. The second-order valence-electron chi connectivity index (χ2n) is 6.86. The van der Waals surface area contributed by atoms with Crippen molar-refractivity contribution >= 4 is 17.5 Å². The van der Waals surface area contributed by atoms with E-state index < -0.39 is 22.4 Å². The van der Waals surface area contributed by atoms with Crippen molar-refractivity contribution in [2.24, 2.45) is 5.92 Å². The van der Waals surface area contributed by atoms with Gasteiger partial charge in [0.05, 0.1) is 11.0 Å². The van der Waals surface area contributed by atoms with Gasteiger partial charge in [0.25, 0.3) is 5.69 Å². The summed E-state index contributed by atoms with van der Waals surface area (Å²) in [5.41, 5.74) is -0.400. The van der Waals surface area contributed by atoms with Gasteiger partial charge in [0.15, 0.2) is 0 Å². The quantitative estimate of drug-likeness (QED) is 0.633. The van der Waals surface area contributed by atoms with Crippen LogP contribution in [0.15, 0.2) is 18.2 Å². The Morgan fingerprint density at radius 3 is 2.88 bits per heavy atom. The molecule has 24 heavy (non-hydrogen) atoms. The Bertz CT molecular complexity index is 636. The zero-order valence-electron chi connectivity index (χ0n) is 13.8. The number of nitro groups is 1. The predicted octanol–water partition coefficient (Wildman–Crippen LogP) is 3.39. The van der Waals surface area contributed by atoms with Crippen LogP contribution >= 0.6 is 0 Å². The van der Waals surface area contributed by atoms with Gasteiger partial charge >= 0.3 is 6.09 Å². The number of hydrogen-bond acceptors (Lipinski definition) is 4. The maximum atomic E-state index is 13.3. The molecule has 0 spiro atoms. The first kappa shape index (κ1) is 18.0. The summed E-state index contributed by atoms with van der Waals surface area (Å²) >= 11 is 0. The molecule has 1 fully saturated rings. The first-order valence-corrected chi connectivity index (χ1v) is 7.88. The number of amides is 1. The molecule has 1 aliphatic rings. The highest BCUT2D eigenvalue weighted by atomic mass is 19.1. The second kappa shape index (κ2) is 7.02. The second-order valence-corrected chi connectivity index (χ2v) is 6.86. The summed E-state index contributed by atoms with van der Waals surface area (Å²) in [5, 5.41) is 22.6. The van der Waals surface area contributed by atoms with E-state index in [-0.39, 0.29) is 11.6 Å². The number of benzene rings is 1. The highest BCUT2D eigenvalue weighted by Gasteiger charge is 2.30. The molecule has 7 nitrogen and oxygen atoms in total. The maximum absolute atomic E-state index is 13.3. The fourth-order valence-corrected chi connectivity index (χ4v) is 3.42. The van der Waals surface area contributed by atoms with Crippen LogP contribution in [0.1, 0.15) is 33.1 Å². The van der Waals surface area contributed by atoms with Gasteiger partial charge in [-0.2, -0.15) is 0 Å². The molecule has 1 atom stereocenters. The molecule has 1 aromatic carbocycles. The average Bonchev–Trinajstić information content (AvgIpc) is 2.45. The van der Waals surface area contributed by atoms with Crippen LogP contribution in [0, 0.1) is 21.8 Å². The molecule has 0 aromatic heterocycles. The highest BCUT2D eigenvalue weighted by molar-refractivity contribution is 5.65. The minimum Gasteiger partial charge on any atom is -0.465 e. The number of carbonyl (C=O) groups is 1. The van der Waals surface area contributed by atoms with Gasteiger partial charge in [-0.05, 0) is 51.2 Å². The van der Waals surface area contributed by atoms with E-state index in [0.717, 1.165) is 18.9 Å². The van der Waals surface area contributed by atoms with Crippen LogP contribution in [0.25, 0.3) is 0 Å². The van der Waals surface area contributed by atoms with Crippen molar-refractivity contribution in [3.8, 4) is 0 Å². The van der Waals surface area contributed by atoms with Gasteiger partial charge in [-0.1, -0.05) is 0 Å². The Morgan fingerprint density at radius 2 is 2.25 bits per heavy atom. The lowest BCUT2D eigenvalue weighted by Crippen LogP contribution is -2.46. The van der Waals surface area contributed by atoms with Crippen molar-refractivity contribution < 1.29 is 19.2 Å². The molecule has 0 bridgehead atoms. The first-order valence-electron chi connectivity index (χ1n) is 7.88. The Hall–Kier alpha value is -2.38. The summed E-state index contributed by atoms with van der Waals surface area (Å²) in [5.74, 6) is -0.434. The normalized spacial score (nSPS) is 18.3. The standard InChI is InChI=1S/C16H22FN3O4/c1-16(2,18-15(21)22)9-11-4-3-7-19(10-11)13-6-5-12(17)8-14(13)20(23)24/h5-6,8,11,18H,3-4,7,9-10H2,1-2H3,(H,21,22)/t11-/m0/s1. The third kappa shape index (κ3) is 4.56. The van der Waals surface area contributed by atoms with Gasteiger partial charge in [0, 0.05) is 18.6 Å². The van der Waals surface area contributed by atoms with Gasteiger partial charge in [-0.25, -0.2) is 9.18 Å². The molecule has 1 aliphatic heterocycles. The van der Waals surface area contributed by atoms with Crippen LogP contribution in [0.2, 0.25) is 0 Å². The molecule has 2 rings (SSSR count). The molecule has 8 heteroatoms. The molecule has 2 N–H and O–H groups in total. The molecule has 1 amide bonds. The van der Waals surface area contributed by atoms with Crippen LogP contribution in [-0.2, 0) is 0 Å². The Kier molecular flexibility index (Phi) is 5.26. The summed E-state index contributed by atoms with van der Waals surface area (Å²) in [6.45, 7) is 4.88. The van der Waals surface area contributed by atoms with Gasteiger partial charge in [0.1, 0.15) is 11.5 Å². The number of anilines is 1. The minimum atomic E-state index is -1.07. The molecular weight excluding hydrogens is 317 g/mol. The highest BCUT2D eigenvalue weighted by Crippen LogP contribution is 2.34. The van der Waals surface area contributed by atoms with E-state index in [1.165, 1.54) is 12.1 Å². The summed E-state index contributed by atoms with van der Waals surface area (Å²) in [6.07, 6.45) is 1.34. The first-order chi connectivity index (χ1) is 11.2. The molecule has 1 saturated heterocycles. The van der Waals surface area contributed by atoms with Crippen molar-refractivity contribution in [1.82, 2.24) is 5.32 Å². The van der Waals surface area contributed by atoms with Crippen LogP contribution in [0.4, 0.5) is 20.6 Å². The third-order valence-electron chi connectivity index (χ3n) is 4.24. The van der Waals surface area contributed by atoms with E-state index in [9.17, 15) is 19.3 Å². The summed E-state index contributed by atoms with van der Waals surface area (Å²) in [7, 11) is 0. The topological polar surface area (TPSA) is 95.7 Å². The van der Waals surface area contributed by atoms with Crippen molar-refractivity contribution in [2.75, 3.05) is 18.0 Å². The number of nitro benzene ring substituents is 1. The van der Waals surface area contributed by atoms with Crippen molar-refractivity contribution in [2.45, 2.75) is 38.6 Å². The smallest absolute Gasteiger partial charge is 0.405 e. The lowest BCUT2D eigenvalue weighted by atomic mass is 9.85. The minimum absolute atomic E-state index is 0.199. The lowest BCUT2D eigenvalue weighted by Gasteiger charge is -2.37. The predicted molar refractivity (Wildman–Crippen MR) is 87.8 cm³/mol. The zero-order valence-corrected chi connectivity index (χ0v) is 13.8. The van der Waals surface area contributed by atoms with Crippen LogP contribution in [0.3, 0.4) is 0 Å². The van der Waals surface area contributed by atoms with E-state index >= 15 is 0 Å². The van der Waals surface area contributed by atoms with E-state index in [0.29, 0.717) is 25.2 Å². The average molecular weight is 339 g/mol. The fraction of sp³-hybridized carbons (Fsp3) is 0.562. The summed E-state index contributed by atoms with van der Waals surface area (Å²) in [4.78, 5) is 23.4. The molecule has 0 aliphatic carbocycles. The fourth-order valence-electron chi connectivity index (χ4n) is 3.42. The summed E-state index contributed by atoms with van der Waals surface area (Å²) in [6, 6.07) is 3.60. The molecule has 0 radical (unpaired) electrons. The van der Waals surface area contributed by atoms with Crippen molar-refractivity contribution in [1.29, 1.82) is 0 Å². The van der Waals surface area contributed by atoms with E-state index in [1.54, 1.807) is 0 Å². The number of nitrogens with one attached hydrogen (secondary N) is 1. The Labute approximate surface area is 139 Å². The number of rotatable bonds is 5. The molecule has 1 heterocycles. The molecule has 1 aromatic rings. The zero-order chi connectivity index (χ0) is 17.9. The molecule has 0 saturated carbocycles. The third-order valence-corrected chi connectivity index (χ3v) is 4.24. The van der Waals surface area contributed by atoms with Gasteiger partial charge in [-0.15, -0.1) is 0 Å². The molecule has 132 valence electrons. The number of halogens is 1. The molecular formula is C16H22FN3O4. The molecule has 0 unspecified atom stereocenters. The van der Waals surface area contributed by atoms with Gasteiger partial charge in [-0.3, -0.25) is 10.1 Å². The number of hydrogen-bond donors (Lipinski definition) is 2. The van der Waals surface area contributed by atoms with Crippen molar-refractivity contribution in [3.63, 3.8) is 0 Å². The number of nitrogens with zero attached hydrogens (tertiary/aromatic N) is 2. The Morgan fingerprint density at radius 1 is 1.54 bits per heavy atom. The maximum Gasteiger partial charge on any atom is 0.405 e. The van der Waals surface area contributed by atoms with Crippen LogP contribution in [0.5, 0.6) is 0 Å². The van der Waals surface area contributed by atoms with Crippen molar-refractivity contribution in [3.05, 3.63) is 34.1 Å². The lowest BCUT2D eigenvalue weighted by molar-refractivity contribution is -0.384. The van der Waals surface area contributed by atoms with Gasteiger partial charge < -0.3 is 15.3 Å². The van der Waals surface area contributed by atoms with E-state index in [1.807, 2.05) is 18.7 Å². The van der Waals surface area contributed by atoms with Crippen LogP contribution in [-0.4, -0.2) is 34.8 Å². The number of carboxylic acid groups (broad SMARTS) is 1.